The van der Waals surface area contributed by atoms with Crippen molar-refractivity contribution in [1.29, 1.82) is 0 Å². The first-order valence-electron chi connectivity index (χ1n) is 6.80. The van der Waals surface area contributed by atoms with E-state index in [0.29, 0.717) is 0 Å². The van der Waals surface area contributed by atoms with Gasteiger partial charge in [0.2, 0.25) is 0 Å². The molecule has 6 nitrogen and oxygen atoms in total. The monoisotopic (exact) mass is 329 g/mol. The smallest absolute Gasteiger partial charge is 0.270 e. The van der Waals surface area contributed by atoms with Crippen LogP contribution in [-0.2, 0) is 0 Å². The second kappa shape index (κ2) is 6.97. The zero-order valence-corrected chi connectivity index (χ0v) is 13.4. The summed E-state index contributed by atoms with van der Waals surface area (Å²) in [4.78, 5) is 22.3. The van der Waals surface area contributed by atoms with Gasteiger partial charge >= 0.3 is 0 Å². The van der Waals surface area contributed by atoms with Gasteiger partial charge < -0.3 is 5.32 Å². The summed E-state index contributed by atoms with van der Waals surface area (Å²) in [6, 6.07) is 11.3. The summed E-state index contributed by atoms with van der Waals surface area (Å²) in [6.45, 7) is 3.92. The van der Waals surface area contributed by atoms with E-state index in [0.717, 1.165) is 16.8 Å². The number of aryl methyl sites for hydroxylation is 2. The SMILES string of the molecule is Cc1cc(C)cc(NC(=S)NC(=O)c2cccc([N+](=O)[O-])c2)c1. The molecule has 118 valence electrons. The molecule has 1 amide bonds. The Morgan fingerprint density at radius 2 is 1.78 bits per heavy atom. The molecule has 2 aromatic rings. The van der Waals surface area contributed by atoms with Gasteiger partial charge in [-0.15, -0.1) is 0 Å². The van der Waals surface area contributed by atoms with Crippen LogP contribution in [0.5, 0.6) is 0 Å². The van der Waals surface area contributed by atoms with Crippen molar-refractivity contribution < 1.29 is 9.72 Å². The molecular weight excluding hydrogens is 314 g/mol. The van der Waals surface area contributed by atoms with Crippen LogP contribution < -0.4 is 10.6 Å². The van der Waals surface area contributed by atoms with Crippen LogP contribution in [0.1, 0.15) is 21.5 Å². The zero-order chi connectivity index (χ0) is 17.0. The normalized spacial score (nSPS) is 10.0. The predicted molar refractivity (Wildman–Crippen MR) is 92.7 cm³/mol. The number of non-ortho nitro benzene ring substituents is 1. The number of nitro benzene ring substituents is 1. The van der Waals surface area contributed by atoms with Crippen molar-refractivity contribution in [2.45, 2.75) is 13.8 Å². The highest BCUT2D eigenvalue weighted by molar-refractivity contribution is 7.80. The predicted octanol–water partition coefficient (Wildman–Crippen LogP) is 3.34. The lowest BCUT2D eigenvalue weighted by molar-refractivity contribution is -0.384. The van der Waals surface area contributed by atoms with Gasteiger partial charge in [0.25, 0.3) is 11.6 Å². The van der Waals surface area contributed by atoms with Crippen molar-refractivity contribution in [3.63, 3.8) is 0 Å². The molecule has 7 heteroatoms. The van der Waals surface area contributed by atoms with Gasteiger partial charge in [0.05, 0.1) is 4.92 Å². The molecule has 0 unspecified atom stereocenters. The van der Waals surface area contributed by atoms with Crippen molar-refractivity contribution in [1.82, 2.24) is 5.32 Å². The zero-order valence-electron chi connectivity index (χ0n) is 12.6. The molecule has 0 aromatic heterocycles. The van der Waals surface area contributed by atoms with Gasteiger partial charge in [-0.2, -0.15) is 0 Å². The van der Waals surface area contributed by atoms with Crippen molar-refractivity contribution in [2.75, 3.05) is 5.32 Å². The van der Waals surface area contributed by atoms with E-state index in [-0.39, 0.29) is 16.4 Å². The first kappa shape index (κ1) is 16.6. The molecule has 0 atom stereocenters. The Hall–Kier alpha value is -2.80. The molecular formula is C16H15N3O3S. The lowest BCUT2D eigenvalue weighted by Gasteiger charge is -2.11. The molecule has 0 aliphatic carbocycles. The molecule has 0 bridgehead atoms. The molecule has 0 spiro atoms. The van der Waals surface area contributed by atoms with Crippen LogP contribution in [-0.4, -0.2) is 15.9 Å². The molecule has 0 aliphatic rings. The molecule has 0 saturated carbocycles. The number of carbonyl (C=O) groups is 1. The fourth-order valence-corrected chi connectivity index (χ4v) is 2.36. The molecule has 0 fully saturated rings. The summed E-state index contributed by atoms with van der Waals surface area (Å²) < 4.78 is 0. The van der Waals surface area contributed by atoms with E-state index in [2.05, 4.69) is 10.6 Å². The maximum Gasteiger partial charge on any atom is 0.270 e. The molecule has 23 heavy (non-hydrogen) atoms. The Morgan fingerprint density at radius 1 is 1.13 bits per heavy atom. The lowest BCUT2D eigenvalue weighted by atomic mass is 10.1. The van der Waals surface area contributed by atoms with Crippen LogP contribution in [0.4, 0.5) is 11.4 Å². The van der Waals surface area contributed by atoms with Gasteiger partial charge in [0.1, 0.15) is 0 Å². The Bertz CT molecular complexity index is 770. The minimum absolute atomic E-state index is 0.131. The van der Waals surface area contributed by atoms with Crippen molar-refractivity contribution in [3.8, 4) is 0 Å². The van der Waals surface area contributed by atoms with E-state index in [1.165, 1.54) is 24.3 Å². The standard InChI is InChI=1S/C16H15N3O3S/c1-10-6-11(2)8-13(7-10)17-16(23)18-15(20)12-4-3-5-14(9-12)19(21)22/h3-9H,1-2H3,(H2,17,18,20,23). The van der Waals surface area contributed by atoms with E-state index in [1.54, 1.807) is 0 Å². The highest BCUT2D eigenvalue weighted by atomic mass is 32.1. The molecule has 0 saturated heterocycles. The van der Waals surface area contributed by atoms with Gasteiger partial charge in [-0.25, -0.2) is 0 Å². The van der Waals surface area contributed by atoms with Gasteiger partial charge in [0.15, 0.2) is 5.11 Å². The van der Waals surface area contributed by atoms with E-state index in [9.17, 15) is 14.9 Å². The minimum Gasteiger partial charge on any atom is -0.332 e. The van der Waals surface area contributed by atoms with Crippen LogP contribution in [0.3, 0.4) is 0 Å². The number of benzene rings is 2. The van der Waals surface area contributed by atoms with Crippen molar-refractivity contribution in [3.05, 3.63) is 69.3 Å². The number of hydrogen-bond acceptors (Lipinski definition) is 4. The quantitative estimate of drug-likeness (QED) is 0.512. The summed E-state index contributed by atoms with van der Waals surface area (Å²) in [6.07, 6.45) is 0. The average molecular weight is 329 g/mol. The summed E-state index contributed by atoms with van der Waals surface area (Å²) in [5, 5.41) is 16.3. The summed E-state index contributed by atoms with van der Waals surface area (Å²) in [5.41, 5.74) is 2.93. The second-order valence-corrected chi connectivity index (χ2v) is 5.50. The van der Waals surface area contributed by atoms with E-state index >= 15 is 0 Å². The Kier molecular flexibility index (Phi) is 5.02. The fraction of sp³-hybridized carbons (Fsp3) is 0.125. The summed E-state index contributed by atoms with van der Waals surface area (Å²) in [5.74, 6) is -0.504. The van der Waals surface area contributed by atoms with Crippen molar-refractivity contribution in [2.24, 2.45) is 0 Å². The third-order valence-electron chi connectivity index (χ3n) is 3.03. The van der Waals surface area contributed by atoms with Crippen LogP contribution in [0.15, 0.2) is 42.5 Å². The van der Waals surface area contributed by atoms with E-state index in [1.807, 2.05) is 32.0 Å². The Labute approximate surface area is 138 Å². The van der Waals surface area contributed by atoms with E-state index < -0.39 is 10.8 Å². The van der Waals surface area contributed by atoms with Gasteiger partial charge in [-0.1, -0.05) is 12.1 Å². The third kappa shape index (κ3) is 4.58. The highest BCUT2D eigenvalue weighted by Crippen LogP contribution is 2.15. The van der Waals surface area contributed by atoms with E-state index in [4.69, 9.17) is 12.2 Å². The molecule has 0 radical (unpaired) electrons. The Balaban J connectivity index is 2.06. The molecule has 2 rings (SSSR count). The molecule has 0 aliphatic heterocycles. The molecule has 2 N–H and O–H groups in total. The number of carbonyl (C=O) groups excluding carboxylic acids is 1. The lowest BCUT2D eigenvalue weighted by Crippen LogP contribution is -2.34. The van der Waals surface area contributed by atoms with Crippen LogP contribution in [0.25, 0.3) is 0 Å². The topological polar surface area (TPSA) is 84.3 Å². The third-order valence-corrected chi connectivity index (χ3v) is 3.23. The molecule has 2 aromatic carbocycles. The summed E-state index contributed by atoms with van der Waals surface area (Å²) >= 11 is 5.11. The highest BCUT2D eigenvalue weighted by Gasteiger charge is 2.12. The number of nitrogens with zero attached hydrogens (tertiary/aromatic N) is 1. The largest absolute Gasteiger partial charge is 0.332 e. The first-order chi connectivity index (χ1) is 10.8. The van der Waals surface area contributed by atoms with Gasteiger partial charge in [-0.3, -0.25) is 20.2 Å². The summed E-state index contributed by atoms with van der Waals surface area (Å²) in [7, 11) is 0. The number of anilines is 1. The maximum absolute atomic E-state index is 12.1. The van der Waals surface area contributed by atoms with Crippen LogP contribution in [0, 0.1) is 24.0 Å². The second-order valence-electron chi connectivity index (χ2n) is 5.09. The number of hydrogen-bond donors (Lipinski definition) is 2. The fourth-order valence-electron chi connectivity index (χ4n) is 2.15. The van der Waals surface area contributed by atoms with Crippen LogP contribution in [0.2, 0.25) is 0 Å². The average Bonchev–Trinajstić information content (AvgIpc) is 2.46. The van der Waals surface area contributed by atoms with Gasteiger partial charge in [-0.05, 0) is 55.4 Å². The Morgan fingerprint density at radius 3 is 2.39 bits per heavy atom. The minimum atomic E-state index is -0.553. The maximum atomic E-state index is 12.1. The molecule has 0 heterocycles. The van der Waals surface area contributed by atoms with Crippen molar-refractivity contribution >= 4 is 34.6 Å². The first-order valence-corrected chi connectivity index (χ1v) is 7.21. The number of rotatable bonds is 3. The van der Waals surface area contributed by atoms with Gasteiger partial charge in [0, 0.05) is 23.4 Å². The number of thiocarbonyl (C=S) groups is 1. The number of amides is 1. The number of nitrogens with one attached hydrogen (secondary N) is 2. The number of nitro groups is 1. The van der Waals surface area contributed by atoms with Crippen LogP contribution >= 0.6 is 12.2 Å².